The van der Waals surface area contributed by atoms with E-state index in [0.29, 0.717) is 5.82 Å². The number of rotatable bonds is 2. The van der Waals surface area contributed by atoms with E-state index in [0.717, 1.165) is 25.5 Å². The zero-order chi connectivity index (χ0) is 9.10. The van der Waals surface area contributed by atoms with Gasteiger partial charge in [-0.25, -0.2) is 9.97 Å². The van der Waals surface area contributed by atoms with E-state index in [-0.39, 0.29) is 0 Å². The molecule has 0 spiro atoms. The highest BCUT2D eigenvalue weighted by Gasteiger charge is 2.12. The maximum Gasteiger partial charge on any atom is 0.144 e. The van der Waals surface area contributed by atoms with Gasteiger partial charge in [0.2, 0.25) is 0 Å². The number of aromatic nitrogens is 2. The minimum Gasteiger partial charge on any atom is -0.384 e. The molecule has 1 aliphatic heterocycles. The molecule has 0 aliphatic carbocycles. The molecule has 0 saturated carbocycles. The van der Waals surface area contributed by atoms with Gasteiger partial charge in [-0.3, -0.25) is 4.90 Å². The second kappa shape index (κ2) is 3.70. The zero-order valence-corrected chi connectivity index (χ0v) is 7.61. The Balaban J connectivity index is 2.00. The summed E-state index contributed by atoms with van der Waals surface area (Å²) in [5.41, 5.74) is 5.56. The summed E-state index contributed by atoms with van der Waals surface area (Å²) in [6.07, 6.45) is 4.30. The first-order chi connectivity index (χ1) is 6.34. The van der Waals surface area contributed by atoms with Gasteiger partial charge in [0.15, 0.2) is 0 Å². The molecule has 1 fully saturated rings. The van der Waals surface area contributed by atoms with Crippen LogP contribution in [0.1, 0.15) is 18.7 Å². The number of nitrogens with two attached hydrogens (primary N) is 1. The minimum atomic E-state index is 0.559. The van der Waals surface area contributed by atoms with Crippen LogP contribution in [0.4, 0.5) is 5.82 Å². The first kappa shape index (κ1) is 8.44. The molecule has 1 aromatic rings. The van der Waals surface area contributed by atoms with E-state index in [4.69, 9.17) is 5.73 Å². The van der Waals surface area contributed by atoms with Gasteiger partial charge >= 0.3 is 0 Å². The van der Waals surface area contributed by atoms with E-state index in [9.17, 15) is 0 Å². The van der Waals surface area contributed by atoms with Crippen molar-refractivity contribution >= 4 is 5.82 Å². The van der Waals surface area contributed by atoms with E-state index in [1.807, 2.05) is 0 Å². The highest BCUT2D eigenvalue weighted by Crippen LogP contribution is 2.10. The Morgan fingerprint density at radius 3 is 2.85 bits per heavy atom. The Morgan fingerprint density at radius 1 is 1.38 bits per heavy atom. The summed E-state index contributed by atoms with van der Waals surface area (Å²) in [5, 5.41) is 0. The number of nitrogen functional groups attached to an aromatic ring is 1. The van der Waals surface area contributed by atoms with Gasteiger partial charge < -0.3 is 5.73 Å². The van der Waals surface area contributed by atoms with E-state index in [2.05, 4.69) is 14.9 Å². The fourth-order valence-electron chi connectivity index (χ4n) is 1.63. The fraction of sp³-hybridized carbons (Fsp3) is 0.556. The van der Waals surface area contributed by atoms with Crippen LogP contribution in [0.2, 0.25) is 0 Å². The molecule has 0 bridgehead atoms. The van der Waals surface area contributed by atoms with Gasteiger partial charge in [-0.05, 0) is 32.0 Å². The third kappa shape index (κ3) is 2.15. The van der Waals surface area contributed by atoms with Crippen molar-refractivity contribution in [3.8, 4) is 0 Å². The summed E-state index contributed by atoms with van der Waals surface area (Å²) in [6.45, 7) is 3.17. The lowest BCUT2D eigenvalue weighted by Gasteiger charge is -2.12. The monoisotopic (exact) mass is 178 g/mol. The first-order valence-corrected chi connectivity index (χ1v) is 4.64. The second-order valence-electron chi connectivity index (χ2n) is 3.38. The maximum atomic E-state index is 5.56. The molecular formula is C9H14N4. The molecule has 70 valence electrons. The van der Waals surface area contributed by atoms with E-state index in [1.54, 1.807) is 12.3 Å². The van der Waals surface area contributed by atoms with Crippen LogP contribution in [0, 0.1) is 0 Å². The molecular weight excluding hydrogens is 164 g/mol. The van der Waals surface area contributed by atoms with Crippen LogP contribution in [0.3, 0.4) is 0 Å². The van der Waals surface area contributed by atoms with Crippen LogP contribution in [-0.4, -0.2) is 28.0 Å². The SMILES string of the molecule is Nc1ccnc(CN2CCCC2)n1. The van der Waals surface area contributed by atoms with Crippen molar-refractivity contribution in [3.63, 3.8) is 0 Å². The van der Waals surface area contributed by atoms with Crippen LogP contribution >= 0.6 is 0 Å². The number of nitrogens with zero attached hydrogens (tertiary/aromatic N) is 3. The summed E-state index contributed by atoms with van der Waals surface area (Å²) in [7, 11) is 0. The van der Waals surface area contributed by atoms with Crippen molar-refractivity contribution in [2.45, 2.75) is 19.4 Å². The molecule has 0 amide bonds. The second-order valence-corrected chi connectivity index (χ2v) is 3.38. The molecule has 0 radical (unpaired) electrons. The van der Waals surface area contributed by atoms with Crippen molar-refractivity contribution in [3.05, 3.63) is 18.1 Å². The molecule has 2 N–H and O–H groups in total. The van der Waals surface area contributed by atoms with Gasteiger partial charge in [-0.15, -0.1) is 0 Å². The third-order valence-electron chi connectivity index (χ3n) is 2.29. The van der Waals surface area contributed by atoms with Crippen LogP contribution in [0.25, 0.3) is 0 Å². The largest absolute Gasteiger partial charge is 0.384 e. The highest BCUT2D eigenvalue weighted by atomic mass is 15.2. The van der Waals surface area contributed by atoms with Gasteiger partial charge in [0.25, 0.3) is 0 Å². The van der Waals surface area contributed by atoms with E-state index in [1.165, 1.54) is 12.8 Å². The third-order valence-corrected chi connectivity index (χ3v) is 2.29. The standard InChI is InChI=1S/C9H14N4/c10-8-3-4-11-9(12-8)7-13-5-1-2-6-13/h3-4H,1-2,5-7H2,(H2,10,11,12). The normalized spacial score (nSPS) is 17.8. The number of likely N-dealkylation sites (tertiary alicyclic amines) is 1. The molecule has 1 aliphatic rings. The molecule has 2 heterocycles. The Labute approximate surface area is 77.8 Å². The number of hydrogen-bond acceptors (Lipinski definition) is 4. The van der Waals surface area contributed by atoms with E-state index >= 15 is 0 Å². The topological polar surface area (TPSA) is 55.0 Å². The summed E-state index contributed by atoms with van der Waals surface area (Å²) >= 11 is 0. The van der Waals surface area contributed by atoms with Crippen molar-refractivity contribution < 1.29 is 0 Å². The molecule has 0 unspecified atom stereocenters. The van der Waals surface area contributed by atoms with Gasteiger partial charge in [0, 0.05) is 6.20 Å². The Hall–Kier alpha value is -1.16. The number of anilines is 1. The fourth-order valence-corrected chi connectivity index (χ4v) is 1.63. The van der Waals surface area contributed by atoms with Crippen LogP contribution in [-0.2, 0) is 6.54 Å². The predicted octanol–water partition coefficient (Wildman–Crippen LogP) is 0.655. The summed E-state index contributed by atoms with van der Waals surface area (Å²) in [5.74, 6) is 1.39. The first-order valence-electron chi connectivity index (χ1n) is 4.64. The lowest BCUT2D eigenvalue weighted by molar-refractivity contribution is 0.322. The molecule has 2 rings (SSSR count). The minimum absolute atomic E-state index is 0.559. The van der Waals surface area contributed by atoms with Gasteiger partial charge in [-0.1, -0.05) is 0 Å². The Kier molecular flexibility index (Phi) is 2.40. The molecule has 1 saturated heterocycles. The van der Waals surface area contributed by atoms with Crippen LogP contribution in [0.5, 0.6) is 0 Å². The highest BCUT2D eigenvalue weighted by molar-refractivity contribution is 5.24. The molecule has 1 aromatic heterocycles. The quantitative estimate of drug-likeness (QED) is 0.722. The van der Waals surface area contributed by atoms with E-state index < -0.39 is 0 Å². The Morgan fingerprint density at radius 2 is 2.15 bits per heavy atom. The van der Waals surface area contributed by atoms with Crippen molar-refractivity contribution in [1.82, 2.24) is 14.9 Å². The summed E-state index contributed by atoms with van der Waals surface area (Å²) in [6, 6.07) is 1.72. The smallest absolute Gasteiger partial charge is 0.144 e. The van der Waals surface area contributed by atoms with Crippen molar-refractivity contribution in [1.29, 1.82) is 0 Å². The molecule has 13 heavy (non-hydrogen) atoms. The van der Waals surface area contributed by atoms with Crippen molar-refractivity contribution in [2.24, 2.45) is 0 Å². The lowest BCUT2D eigenvalue weighted by atomic mass is 10.4. The van der Waals surface area contributed by atoms with Gasteiger partial charge in [-0.2, -0.15) is 0 Å². The van der Waals surface area contributed by atoms with Crippen LogP contribution in [0.15, 0.2) is 12.3 Å². The number of hydrogen-bond donors (Lipinski definition) is 1. The maximum absolute atomic E-state index is 5.56. The van der Waals surface area contributed by atoms with Crippen molar-refractivity contribution in [2.75, 3.05) is 18.8 Å². The summed E-state index contributed by atoms with van der Waals surface area (Å²) < 4.78 is 0. The molecule has 0 atom stereocenters. The Bertz CT molecular complexity index is 281. The van der Waals surface area contributed by atoms with Crippen LogP contribution < -0.4 is 5.73 Å². The molecule has 4 nitrogen and oxygen atoms in total. The molecule has 0 aromatic carbocycles. The zero-order valence-electron chi connectivity index (χ0n) is 7.61. The van der Waals surface area contributed by atoms with Gasteiger partial charge in [0.1, 0.15) is 11.6 Å². The average molecular weight is 178 g/mol. The van der Waals surface area contributed by atoms with Gasteiger partial charge in [0.05, 0.1) is 6.54 Å². The predicted molar refractivity (Wildman–Crippen MR) is 51.0 cm³/mol. The summed E-state index contributed by atoms with van der Waals surface area (Å²) in [4.78, 5) is 10.7. The lowest BCUT2D eigenvalue weighted by Crippen LogP contribution is -2.20. The molecule has 4 heteroatoms. The average Bonchev–Trinajstić information content (AvgIpc) is 2.57.